The minimum atomic E-state index is -0.451. The number of aliphatic hydroxyl groups is 1. The van der Waals surface area contributed by atoms with Gasteiger partial charge in [-0.2, -0.15) is 0 Å². The van der Waals surface area contributed by atoms with Crippen molar-refractivity contribution in [3.05, 3.63) is 29.8 Å². The Bertz CT molecular complexity index is 382. The van der Waals surface area contributed by atoms with Gasteiger partial charge in [0.25, 0.3) is 0 Å². The highest BCUT2D eigenvalue weighted by Gasteiger charge is 2.40. The third-order valence-corrected chi connectivity index (χ3v) is 4.17. The summed E-state index contributed by atoms with van der Waals surface area (Å²) in [5.41, 5.74) is 2.16. The first-order valence-electron chi connectivity index (χ1n) is 6.35. The standard InChI is InChI=1S/C14H19NO/c16-14(9-3-4-10-14)13-8-7-11-5-1-2-6-12(11)15-13/h1-2,5-6,13,15-16H,3-4,7-10H2. The average molecular weight is 217 g/mol. The summed E-state index contributed by atoms with van der Waals surface area (Å²) >= 11 is 0. The molecule has 2 aliphatic rings. The van der Waals surface area contributed by atoms with Gasteiger partial charge in [-0.3, -0.25) is 0 Å². The lowest BCUT2D eigenvalue weighted by Crippen LogP contribution is -2.46. The van der Waals surface area contributed by atoms with Crippen LogP contribution < -0.4 is 5.32 Å². The largest absolute Gasteiger partial charge is 0.388 e. The lowest BCUT2D eigenvalue weighted by atomic mass is 9.85. The normalized spacial score (nSPS) is 27.2. The number of rotatable bonds is 1. The van der Waals surface area contributed by atoms with Gasteiger partial charge in [-0.05, 0) is 37.3 Å². The Morgan fingerprint density at radius 2 is 1.94 bits per heavy atom. The molecule has 1 aliphatic heterocycles. The van der Waals surface area contributed by atoms with Gasteiger partial charge >= 0.3 is 0 Å². The number of benzene rings is 1. The molecule has 2 heteroatoms. The number of para-hydroxylation sites is 1. The van der Waals surface area contributed by atoms with E-state index in [0.29, 0.717) is 0 Å². The molecule has 1 atom stereocenters. The van der Waals surface area contributed by atoms with Crippen LogP contribution in [0, 0.1) is 0 Å². The van der Waals surface area contributed by atoms with E-state index in [1.54, 1.807) is 0 Å². The minimum absolute atomic E-state index is 0.255. The number of nitrogens with one attached hydrogen (secondary N) is 1. The molecule has 1 saturated carbocycles. The van der Waals surface area contributed by atoms with Crippen LogP contribution in [-0.4, -0.2) is 16.7 Å². The molecule has 16 heavy (non-hydrogen) atoms. The fourth-order valence-corrected chi connectivity index (χ4v) is 3.18. The average Bonchev–Trinajstić information content (AvgIpc) is 2.77. The molecule has 1 fully saturated rings. The van der Waals surface area contributed by atoms with Gasteiger partial charge in [0, 0.05) is 5.69 Å². The zero-order valence-electron chi connectivity index (χ0n) is 9.58. The highest BCUT2D eigenvalue weighted by atomic mass is 16.3. The second kappa shape index (κ2) is 3.77. The van der Waals surface area contributed by atoms with E-state index < -0.39 is 5.60 Å². The van der Waals surface area contributed by atoms with Gasteiger partial charge in [-0.15, -0.1) is 0 Å². The number of fused-ring (bicyclic) bond motifs is 1. The lowest BCUT2D eigenvalue weighted by molar-refractivity contribution is 0.0242. The predicted molar refractivity (Wildman–Crippen MR) is 65.6 cm³/mol. The molecule has 0 bridgehead atoms. The fraction of sp³-hybridized carbons (Fsp3) is 0.571. The maximum absolute atomic E-state index is 10.6. The zero-order chi connectivity index (χ0) is 11.0. The van der Waals surface area contributed by atoms with E-state index in [4.69, 9.17) is 0 Å². The van der Waals surface area contributed by atoms with Crippen LogP contribution in [-0.2, 0) is 6.42 Å². The summed E-state index contributed by atoms with van der Waals surface area (Å²) in [4.78, 5) is 0. The quantitative estimate of drug-likeness (QED) is 0.758. The van der Waals surface area contributed by atoms with E-state index in [0.717, 1.165) is 25.7 Å². The molecule has 1 unspecified atom stereocenters. The summed E-state index contributed by atoms with van der Waals surface area (Å²) in [6, 6.07) is 8.71. The molecule has 0 saturated heterocycles. The Hall–Kier alpha value is -1.02. The predicted octanol–water partition coefficient (Wildman–Crippen LogP) is 2.72. The summed E-state index contributed by atoms with van der Waals surface area (Å²) in [5.74, 6) is 0. The molecule has 1 aliphatic carbocycles. The van der Waals surface area contributed by atoms with Crippen LogP contribution in [0.3, 0.4) is 0 Å². The van der Waals surface area contributed by atoms with Gasteiger partial charge in [-0.25, -0.2) is 0 Å². The Labute approximate surface area is 96.7 Å². The Morgan fingerprint density at radius 3 is 2.75 bits per heavy atom. The molecule has 86 valence electrons. The van der Waals surface area contributed by atoms with E-state index in [2.05, 4.69) is 29.6 Å². The third-order valence-electron chi connectivity index (χ3n) is 4.17. The van der Waals surface area contributed by atoms with E-state index in [1.165, 1.54) is 24.1 Å². The van der Waals surface area contributed by atoms with Crippen LogP contribution in [0.25, 0.3) is 0 Å². The molecule has 1 heterocycles. The minimum Gasteiger partial charge on any atom is -0.388 e. The van der Waals surface area contributed by atoms with Gasteiger partial charge in [0.1, 0.15) is 0 Å². The van der Waals surface area contributed by atoms with Gasteiger partial charge in [0.2, 0.25) is 0 Å². The van der Waals surface area contributed by atoms with E-state index in [9.17, 15) is 5.11 Å². The van der Waals surface area contributed by atoms with E-state index in [-0.39, 0.29) is 6.04 Å². The highest BCUT2D eigenvalue weighted by molar-refractivity contribution is 5.54. The number of aryl methyl sites for hydroxylation is 1. The van der Waals surface area contributed by atoms with E-state index >= 15 is 0 Å². The van der Waals surface area contributed by atoms with Gasteiger partial charge in [-0.1, -0.05) is 31.0 Å². The summed E-state index contributed by atoms with van der Waals surface area (Å²) in [5, 5.41) is 14.1. The highest BCUT2D eigenvalue weighted by Crippen LogP contribution is 2.38. The molecular weight excluding hydrogens is 198 g/mol. The first kappa shape index (κ1) is 10.2. The number of hydrogen-bond donors (Lipinski definition) is 2. The molecule has 2 N–H and O–H groups in total. The molecular formula is C14H19NO. The maximum atomic E-state index is 10.6. The molecule has 0 aromatic heterocycles. The zero-order valence-corrected chi connectivity index (χ0v) is 9.58. The molecule has 3 rings (SSSR count). The summed E-state index contributed by atoms with van der Waals surface area (Å²) in [7, 11) is 0. The topological polar surface area (TPSA) is 32.3 Å². The van der Waals surface area contributed by atoms with Crippen molar-refractivity contribution in [1.82, 2.24) is 0 Å². The van der Waals surface area contributed by atoms with Gasteiger partial charge < -0.3 is 10.4 Å². The molecule has 1 aromatic carbocycles. The number of anilines is 1. The lowest BCUT2D eigenvalue weighted by Gasteiger charge is -2.37. The fourth-order valence-electron chi connectivity index (χ4n) is 3.18. The van der Waals surface area contributed by atoms with Crippen molar-refractivity contribution in [2.75, 3.05) is 5.32 Å². The SMILES string of the molecule is OC1(C2CCc3ccccc3N2)CCCC1. The van der Waals surface area contributed by atoms with Crippen LogP contribution in [0.4, 0.5) is 5.69 Å². The van der Waals surface area contributed by atoms with Crippen molar-refractivity contribution in [2.24, 2.45) is 0 Å². The summed E-state index contributed by atoms with van der Waals surface area (Å²) < 4.78 is 0. The van der Waals surface area contributed by atoms with Crippen LogP contribution in [0.15, 0.2) is 24.3 Å². The monoisotopic (exact) mass is 217 g/mol. The van der Waals surface area contributed by atoms with E-state index in [1.807, 2.05) is 0 Å². The number of hydrogen-bond acceptors (Lipinski definition) is 2. The van der Waals surface area contributed by atoms with Crippen LogP contribution in [0.5, 0.6) is 0 Å². The summed E-state index contributed by atoms with van der Waals surface area (Å²) in [6.07, 6.45) is 6.44. The molecule has 0 spiro atoms. The van der Waals surface area contributed by atoms with Crippen molar-refractivity contribution in [2.45, 2.75) is 50.2 Å². The van der Waals surface area contributed by atoms with Crippen LogP contribution in [0.2, 0.25) is 0 Å². The Balaban J connectivity index is 1.82. The second-order valence-corrected chi connectivity index (χ2v) is 5.20. The smallest absolute Gasteiger partial charge is 0.0847 e. The van der Waals surface area contributed by atoms with Crippen molar-refractivity contribution < 1.29 is 5.11 Å². The van der Waals surface area contributed by atoms with Crippen LogP contribution >= 0.6 is 0 Å². The molecule has 0 amide bonds. The first-order chi connectivity index (χ1) is 7.78. The van der Waals surface area contributed by atoms with Crippen molar-refractivity contribution in [3.8, 4) is 0 Å². The van der Waals surface area contributed by atoms with Crippen molar-refractivity contribution >= 4 is 5.69 Å². The third kappa shape index (κ3) is 1.61. The summed E-state index contributed by atoms with van der Waals surface area (Å²) in [6.45, 7) is 0. The van der Waals surface area contributed by atoms with Crippen LogP contribution in [0.1, 0.15) is 37.7 Å². The Morgan fingerprint density at radius 1 is 1.19 bits per heavy atom. The van der Waals surface area contributed by atoms with Gasteiger partial charge in [0.05, 0.1) is 11.6 Å². The first-order valence-corrected chi connectivity index (χ1v) is 6.35. The van der Waals surface area contributed by atoms with Crippen molar-refractivity contribution in [1.29, 1.82) is 0 Å². The molecule has 1 aromatic rings. The van der Waals surface area contributed by atoms with Gasteiger partial charge in [0.15, 0.2) is 0 Å². The molecule has 2 nitrogen and oxygen atoms in total. The maximum Gasteiger partial charge on any atom is 0.0847 e. The second-order valence-electron chi connectivity index (χ2n) is 5.20. The Kier molecular flexibility index (Phi) is 2.40. The van der Waals surface area contributed by atoms with Crippen molar-refractivity contribution in [3.63, 3.8) is 0 Å². The molecule has 0 radical (unpaired) electrons.